The molecule has 2 aliphatic rings. The van der Waals surface area contributed by atoms with Gasteiger partial charge in [0.25, 0.3) is 0 Å². The number of amides is 1. The largest absolute Gasteiger partial charge is 0.378 e. The molecule has 0 radical (unpaired) electrons. The molecule has 0 aromatic heterocycles. The Morgan fingerprint density at radius 1 is 1.32 bits per heavy atom. The van der Waals surface area contributed by atoms with Crippen LogP contribution in [-0.4, -0.2) is 37.4 Å². The van der Waals surface area contributed by atoms with E-state index in [0.29, 0.717) is 11.8 Å². The maximum atomic E-state index is 12.1. The van der Waals surface area contributed by atoms with Crippen LogP contribution in [0.3, 0.4) is 0 Å². The van der Waals surface area contributed by atoms with E-state index in [2.05, 4.69) is 26.1 Å². The van der Waals surface area contributed by atoms with Gasteiger partial charge in [0.05, 0.1) is 12.2 Å². The van der Waals surface area contributed by atoms with Crippen molar-refractivity contribution in [2.45, 2.75) is 64.8 Å². The van der Waals surface area contributed by atoms with Gasteiger partial charge in [0.15, 0.2) is 0 Å². The van der Waals surface area contributed by atoms with Crippen molar-refractivity contribution in [2.75, 3.05) is 13.2 Å². The Morgan fingerprint density at radius 3 is 2.74 bits per heavy atom. The first-order valence-electron chi connectivity index (χ1n) is 7.66. The summed E-state index contributed by atoms with van der Waals surface area (Å²) in [5.74, 6) is 1.02. The van der Waals surface area contributed by atoms with Crippen molar-refractivity contribution in [1.82, 2.24) is 5.32 Å². The van der Waals surface area contributed by atoms with Crippen LogP contribution in [0.4, 0.5) is 0 Å². The molecule has 4 nitrogen and oxygen atoms in total. The van der Waals surface area contributed by atoms with Crippen LogP contribution in [-0.2, 0) is 14.3 Å². The van der Waals surface area contributed by atoms with E-state index in [0.717, 1.165) is 38.8 Å². The van der Waals surface area contributed by atoms with E-state index >= 15 is 0 Å². The summed E-state index contributed by atoms with van der Waals surface area (Å²) in [6.07, 6.45) is 4.24. The van der Waals surface area contributed by atoms with Crippen LogP contribution in [0.1, 0.15) is 46.5 Å². The molecule has 0 aliphatic carbocycles. The Labute approximate surface area is 116 Å². The fourth-order valence-electron chi connectivity index (χ4n) is 3.16. The molecule has 2 fully saturated rings. The Balaban J connectivity index is 1.74. The molecule has 110 valence electrons. The van der Waals surface area contributed by atoms with Gasteiger partial charge in [-0.2, -0.15) is 0 Å². The van der Waals surface area contributed by atoms with Crippen molar-refractivity contribution < 1.29 is 14.3 Å². The highest BCUT2D eigenvalue weighted by Gasteiger charge is 2.33. The molecular formula is C15H27NO3. The van der Waals surface area contributed by atoms with E-state index in [-0.39, 0.29) is 24.2 Å². The Morgan fingerprint density at radius 2 is 2.11 bits per heavy atom. The highest BCUT2D eigenvalue weighted by Crippen LogP contribution is 2.26. The molecule has 0 saturated carbocycles. The number of rotatable bonds is 5. The minimum absolute atomic E-state index is 0.0605. The molecule has 0 unspecified atom stereocenters. The van der Waals surface area contributed by atoms with Crippen LogP contribution in [0.15, 0.2) is 0 Å². The first-order chi connectivity index (χ1) is 9.11. The SMILES string of the molecule is CC[C@@H]1CC[C@@H](C(=O)NC[C@H]2CCO[C@@H]2C(C)C)O1. The summed E-state index contributed by atoms with van der Waals surface area (Å²) in [7, 11) is 0. The molecule has 4 heteroatoms. The molecule has 2 rings (SSSR count). The summed E-state index contributed by atoms with van der Waals surface area (Å²) >= 11 is 0. The van der Waals surface area contributed by atoms with E-state index in [9.17, 15) is 4.79 Å². The standard InChI is InChI=1S/C15H27NO3/c1-4-12-5-6-13(19-12)15(17)16-9-11-7-8-18-14(11)10(2)3/h10-14H,4-9H2,1-3H3,(H,16,17)/t11-,12-,13+,14-/m1/s1. The third-order valence-corrected chi connectivity index (χ3v) is 4.31. The molecule has 0 bridgehead atoms. The Bertz CT molecular complexity index is 306. The van der Waals surface area contributed by atoms with Crippen LogP contribution < -0.4 is 5.32 Å². The van der Waals surface area contributed by atoms with Gasteiger partial charge >= 0.3 is 0 Å². The molecule has 0 aromatic rings. The van der Waals surface area contributed by atoms with Crippen molar-refractivity contribution in [3.63, 3.8) is 0 Å². The lowest BCUT2D eigenvalue weighted by Gasteiger charge is -2.23. The number of carbonyl (C=O) groups is 1. The summed E-state index contributed by atoms with van der Waals surface area (Å²) < 4.78 is 11.5. The average molecular weight is 269 g/mol. The zero-order valence-electron chi connectivity index (χ0n) is 12.4. The monoisotopic (exact) mass is 269 g/mol. The minimum Gasteiger partial charge on any atom is -0.378 e. The van der Waals surface area contributed by atoms with Gasteiger partial charge in [0.1, 0.15) is 6.10 Å². The fourth-order valence-corrected chi connectivity index (χ4v) is 3.16. The quantitative estimate of drug-likeness (QED) is 0.831. The molecule has 2 heterocycles. The van der Waals surface area contributed by atoms with Crippen LogP contribution in [0.2, 0.25) is 0 Å². The second-order valence-corrected chi connectivity index (χ2v) is 6.11. The summed E-state index contributed by atoms with van der Waals surface area (Å²) in [6, 6.07) is 0. The molecule has 4 atom stereocenters. The van der Waals surface area contributed by atoms with Crippen molar-refractivity contribution in [3.05, 3.63) is 0 Å². The molecule has 19 heavy (non-hydrogen) atoms. The second kappa shape index (κ2) is 6.71. The summed E-state index contributed by atoms with van der Waals surface area (Å²) in [4.78, 5) is 12.1. The van der Waals surface area contributed by atoms with Crippen molar-refractivity contribution in [3.8, 4) is 0 Å². The lowest BCUT2D eigenvalue weighted by Crippen LogP contribution is -2.40. The third kappa shape index (κ3) is 3.69. The number of hydrogen-bond donors (Lipinski definition) is 1. The van der Waals surface area contributed by atoms with Gasteiger partial charge in [-0.05, 0) is 31.6 Å². The fraction of sp³-hybridized carbons (Fsp3) is 0.933. The summed E-state index contributed by atoms with van der Waals surface area (Å²) in [6.45, 7) is 8.00. The topological polar surface area (TPSA) is 47.6 Å². The maximum Gasteiger partial charge on any atom is 0.249 e. The van der Waals surface area contributed by atoms with Crippen LogP contribution in [0.5, 0.6) is 0 Å². The molecule has 0 spiro atoms. The van der Waals surface area contributed by atoms with E-state index in [4.69, 9.17) is 9.47 Å². The maximum absolute atomic E-state index is 12.1. The van der Waals surface area contributed by atoms with Gasteiger partial charge in [0, 0.05) is 19.1 Å². The predicted octanol–water partition coefficient (Wildman–Crippen LogP) is 2.12. The molecule has 1 amide bonds. The minimum atomic E-state index is -0.232. The molecule has 2 saturated heterocycles. The molecule has 2 aliphatic heterocycles. The van der Waals surface area contributed by atoms with Gasteiger partial charge in [0.2, 0.25) is 5.91 Å². The van der Waals surface area contributed by atoms with Crippen molar-refractivity contribution >= 4 is 5.91 Å². The van der Waals surface area contributed by atoms with Crippen molar-refractivity contribution in [1.29, 1.82) is 0 Å². The van der Waals surface area contributed by atoms with E-state index in [1.807, 2.05) is 0 Å². The van der Waals surface area contributed by atoms with Gasteiger partial charge in [-0.1, -0.05) is 20.8 Å². The second-order valence-electron chi connectivity index (χ2n) is 6.11. The van der Waals surface area contributed by atoms with E-state index < -0.39 is 0 Å². The zero-order chi connectivity index (χ0) is 13.8. The van der Waals surface area contributed by atoms with Crippen LogP contribution >= 0.6 is 0 Å². The molecule has 1 N–H and O–H groups in total. The zero-order valence-corrected chi connectivity index (χ0v) is 12.4. The lowest BCUT2D eigenvalue weighted by molar-refractivity contribution is -0.132. The predicted molar refractivity (Wildman–Crippen MR) is 73.9 cm³/mol. The number of ether oxygens (including phenoxy) is 2. The van der Waals surface area contributed by atoms with Gasteiger partial charge in [-0.3, -0.25) is 4.79 Å². The van der Waals surface area contributed by atoms with Gasteiger partial charge in [-0.25, -0.2) is 0 Å². The van der Waals surface area contributed by atoms with E-state index in [1.165, 1.54) is 0 Å². The van der Waals surface area contributed by atoms with Crippen LogP contribution in [0, 0.1) is 11.8 Å². The molecular weight excluding hydrogens is 242 g/mol. The van der Waals surface area contributed by atoms with E-state index in [1.54, 1.807) is 0 Å². The highest BCUT2D eigenvalue weighted by atomic mass is 16.5. The highest BCUT2D eigenvalue weighted by molar-refractivity contribution is 5.81. The first-order valence-corrected chi connectivity index (χ1v) is 7.66. The number of nitrogens with one attached hydrogen (secondary N) is 1. The first kappa shape index (κ1) is 14.8. The normalized spacial score (nSPS) is 34.9. The molecule has 0 aromatic carbocycles. The summed E-state index contributed by atoms with van der Waals surface area (Å²) in [5, 5.41) is 3.05. The number of hydrogen-bond acceptors (Lipinski definition) is 3. The average Bonchev–Trinajstić information content (AvgIpc) is 3.04. The Hall–Kier alpha value is -0.610. The summed E-state index contributed by atoms with van der Waals surface area (Å²) in [5.41, 5.74) is 0. The Kier molecular flexibility index (Phi) is 5.22. The number of carbonyl (C=O) groups excluding carboxylic acids is 1. The van der Waals surface area contributed by atoms with Gasteiger partial charge < -0.3 is 14.8 Å². The van der Waals surface area contributed by atoms with Crippen molar-refractivity contribution in [2.24, 2.45) is 11.8 Å². The van der Waals surface area contributed by atoms with Crippen LogP contribution in [0.25, 0.3) is 0 Å². The smallest absolute Gasteiger partial charge is 0.249 e. The lowest BCUT2D eigenvalue weighted by atomic mass is 9.93. The van der Waals surface area contributed by atoms with Gasteiger partial charge in [-0.15, -0.1) is 0 Å². The third-order valence-electron chi connectivity index (χ3n) is 4.31.